The van der Waals surface area contributed by atoms with Gasteiger partial charge in [-0.3, -0.25) is 0 Å². The van der Waals surface area contributed by atoms with Crippen molar-refractivity contribution in [2.75, 3.05) is 52.9 Å². The third-order valence-electron chi connectivity index (χ3n) is 5.70. The molecule has 6 heteroatoms. The SMILES string of the molecule is CCCCCCCCCc1ccc(OCCOCCOCCOCCOC(=O)c2ccccc2)cc1. The first-order chi connectivity index (χ1) is 17.8. The Hall–Kier alpha value is -2.41. The fraction of sp³-hybridized carbons (Fsp3) is 0.567. The molecule has 0 unspecified atom stereocenters. The van der Waals surface area contributed by atoms with Gasteiger partial charge in [-0.2, -0.15) is 0 Å². The molecule has 0 radical (unpaired) electrons. The van der Waals surface area contributed by atoms with Crippen molar-refractivity contribution in [3.8, 4) is 5.75 Å². The fourth-order valence-corrected chi connectivity index (χ4v) is 3.65. The van der Waals surface area contributed by atoms with Crippen molar-refractivity contribution in [2.24, 2.45) is 0 Å². The maximum Gasteiger partial charge on any atom is 0.338 e. The number of carbonyl (C=O) groups is 1. The molecule has 0 bridgehead atoms. The van der Waals surface area contributed by atoms with E-state index in [-0.39, 0.29) is 12.6 Å². The molecule has 0 aliphatic carbocycles. The van der Waals surface area contributed by atoms with Crippen LogP contribution in [0.2, 0.25) is 0 Å². The minimum absolute atomic E-state index is 0.221. The normalized spacial score (nSPS) is 10.9. The molecule has 0 aromatic heterocycles. The second kappa shape index (κ2) is 20.7. The number of rotatable bonds is 22. The van der Waals surface area contributed by atoms with Gasteiger partial charge < -0.3 is 23.7 Å². The molecule has 0 atom stereocenters. The molecule has 0 fully saturated rings. The quantitative estimate of drug-likeness (QED) is 0.140. The molecule has 2 rings (SSSR count). The lowest BCUT2D eigenvalue weighted by molar-refractivity contribution is -0.00222. The Balaban J connectivity index is 1.34. The largest absolute Gasteiger partial charge is 0.491 e. The molecule has 0 saturated carbocycles. The van der Waals surface area contributed by atoms with Crippen LogP contribution >= 0.6 is 0 Å². The van der Waals surface area contributed by atoms with Crippen molar-refractivity contribution in [3.63, 3.8) is 0 Å². The van der Waals surface area contributed by atoms with Crippen LogP contribution in [0.3, 0.4) is 0 Å². The highest BCUT2D eigenvalue weighted by atomic mass is 16.6. The van der Waals surface area contributed by atoms with E-state index < -0.39 is 0 Å². The number of aryl methyl sites for hydroxylation is 1. The lowest BCUT2D eigenvalue weighted by Crippen LogP contribution is -2.15. The molecule has 0 saturated heterocycles. The molecular formula is C30H44O6. The molecule has 0 spiro atoms. The molecule has 0 heterocycles. The molecular weight excluding hydrogens is 456 g/mol. The summed E-state index contributed by atoms with van der Waals surface area (Å²) in [6.07, 6.45) is 10.5. The number of unbranched alkanes of at least 4 members (excludes halogenated alkanes) is 6. The highest BCUT2D eigenvalue weighted by Crippen LogP contribution is 2.15. The highest BCUT2D eigenvalue weighted by Gasteiger charge is 2.05. The van der Waals surface area contributed by atoms with E-state index in [0.29, 0.717) is 51.8 Å². The third kappa shape index (κ3) is 14.9. The van der Waals surface area contributed by atoms with Crippen LogP contribution in [-0.2, 0) is 25.4 Å². The Kier molecular flexibility index (Phi) is 17.2. The number of carbonyl (C=O) groups excluding carboxylic acids is 1. The van der Waals surface area contributed by atoms with Crippen LogP contribution < -0.4 is 4.74 Å². The van der Waals surface area contributed by atoms with Crippen molar-refractivity contribution in [2.45, 2.75) is 58.3 Å². The molecule has 36 heavy (non-hydrogen) atoms. The lowest BCUT2D eigenvalue weighted by atomic mass is 10.0. The first-order valence-corrected chi connectivity index (χ1v) is 13.5. The summed E-state index contributed by atoms with van der Waals surface area (Å²) >= 11 is 0. The summed E-state index contributed by atoms with van der Waals surface area (Å²) in [7, 11) is 0. The van der Waals surface area contributed by atoms with Gasteiger partial charge in [0.1, 0.15) is 19.0 Å². The van der Waals surface area contributed by atoms with Crippen molar-refractivity contribution >= 4 is 5.97 Å². The smallest absolute Gasteiger partial charge is 0.338 e. The minimum Gasteiger partial charge on any atom is -0.491 e. The summed E-state index contributed by atoms with van der Waals surface area (Å²) < 4.78 is 27.3. The predicted octanol–water partition coefficient (Wildman–Crippen LogP) is 6.27. The molecule has 2 aromatic rings. The number of benzene rings is 2. The average molecular weight is 501 g/mol. The van der Waals surface area contributed by atoms with E-state index in [1.807, 2.05) is 18.2 Å². The zero-order chi connectivity index (χ0) is 25.5. The topological polar surface area (TPSA) is 63.2 Å². The second-order valence-corrected chi connectivity index (χ2v) is 8.70. The molecule has 200 valence electrons. The highest BCUT2D eigenvalue weighted by molar-refractivity contribution is 5.89. The monoisotopic (exact) mass is 500 g/mol. The minimum atomic E-state index is -0.340. The molecule has 0 amide bonds. The van der Waals surface area contributed by atoms with Crippen molar-refractivity contribution in [1.29, 1.82) is 0 Å². The van der Waals surface area contributed by atoms with Crippen LogP contribution in [-0.4, -0.2) is 58.8 Å². The van der Waals surface area contributed by atoms with Gasteiger partial charge in [-0.1, -0.05) is 75.8 Å². The summed E-state index contributed by atoms with van der Waals surface area (Å²) in [6.45, 7) is 5.78. The van der Waals surface area contributed by atoms with Crippen LogP contribution in [0.1, 0.15) is 67.8 Å². The molecule has 2 aromatic carbocycles. The van der Waals surface area contributed by atoms with Gasteiger partial charge in [0.15, 0.2) is 0 Å². The Morgan fingerprint density at radius 2 is 1.17 bits per heavy atom. The number of hydrogen-bond acceptors (Lipinski definition) is 6. The van der Waals surface area contributed by atoms with Crippen LogP contribution in [0.15, 0.2) is 54.6 Å². The van der Waals surface area contributed by atoms with Crippen LogP contribution in [0.25, 0.3) is 0 Å². The Morgan fingerprint density at radius 1 is 0.611 bits per heavy atom. The van der Waals surface area contributed by atoms with Crippen LogP contribution in [0.5, 0.6) is 5.75 Å². The van der Waals surface area contributed by atoms with E-state index in [4.69, 9.17) is 23.7 Å². The molecule has 0 aliphatic heterocycles. The number of hydrogen-bond donors (Lipinski definition) is 0. The van der Waals surface area contributed by atoms with Crippen LogP contribution in [0, 0.1) is 0 Å². The Labute approximate surface area is 217 Å². The van der Waals surface area contributed by atoms with E-state index in [9.17, 15) is 4.79 Å². The van der Waals surface area contributed by atoms with Gasteiger partial charge in [0, 0.05) is 0 Å². The van der Waals surface area contributed by atoms with Gasteiger partial charge in [-0.25, -0.2) is 4.79 Å². The van der Waals surface area contributed by atoms with E-state index >= 15 is 0 Å². The van der Waals surface area contributed by atoms with Gasteiger partial charge in [0.05, 0.1) is 45.2 Å². The van der Waals surface area contributed by atoms with Crippen LogP contribution in [0.4, 0.5) is 0 Å². The first-order valence-electron chi connectivity index (χ1n) is 13.5. The van der Waals surface area contributed by atoms with Crippen molar-refractivity contribution in [3.05, 3.63) is 65.7 Å². The number of ether oxygens (including phenoxy) is 5. The summed E-state index contributed by atoms with van der Waals surface area (Å²) in [4.78, 5) is 11.8. The van der Waals surface area contributed by atoms with E-state index in [0.717, 1.165) is 12.2 Å². The zero-order valence-corrected chi connectivity index (χ0v) is 22.0. The average Bonchev–Trinajstić information content (AvgIpc) is 2.92. The zero-order valence-electron chi connectivity index (χ0n) is 22.0. The lowest BCUT2D eigenvalue weighted by Gasteiger charge is -2.09. The molecule has 6 nitrogen and oxygen atoms in total. The predicted molar refractivity (Wildman–Crippen MR) is 143 cm³/mol. The summed E-state index contributed by atoms with van der Waals surface area (Å²) in [5, 5.41) is 0. The maximum atomic E-state index is 11.8. The van der Waals surface area contributed by atoms with Gasteiger partial charge in [0.25, 0.3) is 0 Å². The van der Waals surface area contributed by atoms with Gasteiger partial charge in [-0.05, 0) is 42.7 Å². The van der Waals surface area contributed by atoms with E-state index in [1.54, 1.807) is 24.3 Å². The molecule has 0 N–H and O–H groups in total. The Morgan fingerprint density at radius 3 is 1.81 bits per heavy atom. The van der Waals surface area contributed by atoms with E-state index in [1.165, 1.54) is 50.5 Å². The van der Waals surface area contributed by atoms with Gasteiger partial charge >= 0.3 is 5.97 Å². The van der Waals surface area contributed by atoms with Gasteiger partial charge in [0.2, 0.25) is 0 Å². The third-order valence-corrected chi connectivity index (χ3v) is 5.70. The van der Waals surface area contributed by atoms with Gasteiger partial charge in [-0.15, -0.1) is 0 Å². The maximum absolute atomic E-state index is 11.8. The summed E-state index contributed by atoms with van der Waals surface area (Å²) in [5.41, 5.74) is 1.92. The summed E-state index contributed by atoms with van der Waals surface area (Å²) in [5.74, 6) is 0.539. The summed E-state index contributed by atoms with van der Waals surface area (Å²) in [6, 6.07) is 17.3. The first kappa shape index (κ1) is 29.8. The Bertz CT molecular complexity index is 778. The van der Waals surface area contributed by atoms with Crippen molar-refractivity contribution < 1.29 is 28.5 Å². The fourth-order valence-electron chi connectivity index (χ4n) is 3.65. The second-order valence-electron chi connectivity index (χ2n) is 8.70. The molecule has 0 aliphatic rings. The standard InChI is InChI=1S/C30H44O6/c1-2-3-4-5-6-7-9-12-27-15-17-29(18-16-27)35-25-23-33-21-19-32-20-22-34-24-26-36-30(31)28-13-10-8-11-14-28/h8,10-11,13-18H,2-7,9,12,19-26H2,1H3. The van der Waals surface area contributed by atoms with Crippen molar-refractivity contribution in [1.82, 2.24) is 0 Å². The number of esters is 1. The van der Waals surface area contributed by atoms with E-state index in [2.05, 4.69) is 19.1 Å².